The van der Waals surface area contributed by atoms with Crippen LogP contribution in [0.15, 0.2) is 76.8 Å². The normalized spacial score (nSPS) is 14.4. The summed E-state index contributed by atoms with van der Waals surface area (Å²) in [7, 11) is 1.59. The minimum atomic E-state index is -3.34. The molecular formula is C26H26F3N3O4. The number of nitrogens with one attached hydrogen (secondary N) is 1. The maximum atomic E-state index is 13.7. The third-order valence-electron chi connectivity index (χ3n) is 5.90. The zero-order chi connectivity index (χ0) is 26.4. The highest BCUT2D eigenvalue weighted by Crippen LogP contribution is 2.32. The van der Waals surface area contributed by atoms with Crippen LogP contribution in [0.1, 0.15) is 45.0 Å². The molecule has 1 amide bonds. The Balaban J connectivity index is 1.92. The number of carbonyl (C=O) groups is 1. The van der Waals surface area contributed by atoms with Gasteiger partial charge in [0.2, 0.25) is 11.9 Å². The van der Waals surface area contributed by atoms with Crippen LogP contribution >= 0.6 is 0 Å². The summed E-state index contributed by atoms with van der Waals surface area (Å²) >= 11 is 0. The monoisotopic (exact) mass is 501 g/mol. The number of oxime groups is 1. The zero-order valence-corrected chi connectivity index (χ0v) is 19.6. The third-order valence-corrected chi connectivity index (χ3v) is 5.90. The van der Waals surface area contributed by atoms with E-state index in [1.165, 1.54) is 22.8 Å². The van der Waals surface area contributed by atoms with Crippen LogP contribution in [0.5, 0.6) is 0 Å². The molecular weight excluding hydrogens is 475 g/mol. The predicted octanol–water partition coefficient (Wildman–Crippen LogP) is 3.75. The van der Waals surface area contributed by atoms with E-state index in [0.717, 1.165) is 16.7 Å². The van der Waals surface area contributed by atoms with Crippen molar-refractivity contribution in [3.63, 3.8) is 0 Å². The van der Waals surface area contributed by atoms with Crippen molar-refractivity contribution >= 4 is 11.6 Å². The van der Waals surface area contributed by atoms with Gasteiger partial charge in [0.1, 0.15) is 0 Å². The molecule has 190 valence electrons. The van der Waals surface area contributed by atoms with Crippen LogP contribution < -0.4 is 10.9 Å². The molecule has 0 spiro atoms. The van der Waals surface area contributed by atoms with Gasteiger partial charge in [0.05, 0.1) is 5.71 Å². The molecule has 0 saturated carbocycles. The molecule has 0 radical (unpaired) electrons. The van der Waals surface area contributed by atoms with Crippen molar-refractivity contribution < 1.29 is 28.3 Å². The van der Waals surface area contributed by atoms with Gasteiger partial charge in [-0.15, -0.1) is 0 Å². The number of hydrogen-bond donors (Lipinski definition) is 3. The Morgan fingerprint density at radius 3 is 2.25 bits per heavy atom. The summed E-state index contributed by atoms with van der Waals surface area (Å²) in [6, 6.07) is 16.7. The molecule has 0 saturated heterocycles. The van der Waals surface area contributed by atoms with Gasteiger partial charge in [0, 0.05) is 42.8 Å². The van der Waals surface area contributed by atoms with Crippen LogP contribution in [0.25, 0.3) is 0 Å². The van der Waals surface area contributed by atoms with Gasteiger partial charge in [-0.1, -0.05) is 41.6 Å². The van der Waals surface area contributed by atoms with E-state index in [1.807, 2.05) is 31.2 Å². The average molecular weight is 502 g/mol. The quantitative estimate of drug-likeness (QED) is 0.180. The van der Waals surface area contributed by atoms with Crippen LogP contribution in [0.4, 0.5) is 13.2 Å². The predicted molar refractivity (Wildman–Crippen MR) is 128 cm³/mol. The highest BCUT2D eigenvalue weighted by molar-refractivity contribution is 6.00. The van der Waals surface area contributed by atoms with Crippen molar-refractivity contribution in [2.24, 2.45) is 12.2 Å². The van der Waals surface area contributed by atoms with Gasteiger partial charge in [0.15, 0.2) is 6.10 Å². The number of alkyl halides is 3. The number of aliphatic hydroxyl groups is 1. The number of pyridine rings is 1. The number of aryl methyl sites for hydroxylation is 2. The van der Waals surface area contributed by atoms with Crippen molar-refractivity contribution in [2.75, 3.05) is 0 Å². The van der Waals surface area contributed by atoms with Crippen molar-refractivity contribution in [1.29, 1.82) is 0 Å². The lowest BCUT2D eigenvalue weighted by Crippen LogP contribution is -2.43. The summed E-state index contributed by atoms with van der Waals surface area (Å²) in [5, 5.41) is 24.1. The Morgan fingerprint density at radius 2 is 1.67 bits per heavy atom. The molecule has 0 bridgehead atoms. The van der Waals surface area contributed by atoms with Crippen LogP contribution in [-0.4, -0.2) is 45.3 Å². The molecule has 3 rings (SSSR count). The zero-order valence-electron chi connectivity index (χ0n) is 19.6. The average Bonchev–Trinajstić information content (AvgIpc) is 2.86. The van der Waals surface area contributed by atoms with E-state index in [1.54, 1.807) is 36.8 Å². The van der Waals surface area contributed by atoms with Gasteiger partial charge in [0.25, 0.3) is 12.3 Å². The minimum Gasteiger partial charge on any atom is -0.411 e. The van der Waals surface area contributed by atoms with Gasteiger partial charge in [-0.2, -0.15) is 0 Å². The lowest BCUT2D eigenvalue weighted by atomic mass is 9.83. The second-order valence-electron chi connectivity index (χ2n) is 8.35. The molecule has 10 heteroatoms. The van der Waals surface area contributed by atoms with E-state index in [9.17, 15) is 28.0 Å². The number of aromatic nitrogens is 1. The first-order valence-electron chi connectivity index (χ1n) is 11.1. The summed E-state index contributed by atoms with van der Waals surface area (Å²) in [4.78, 5) is 24.0. The number of aliphatic hydroxyl groups excluding tert-OH is 1. The number of rotatable bonds is 9. The number of hydrogen-bond acceptors (Lipinski definition) is 5. The second-order valence-corrected chi connectivity index (χ2v) is 8.35. The van der Waals surface area contributed by atoms with Crippen molar-refractivity contribution in [2.45, 2.75) is 38.1 Å². The first-order valence-corrected chi connectivity index (χ1v) is 11.1. The molecule has 7 nitrogen and oxygen atoms in total. The Kier molecular flexibility index (Phi) is 8.65. The largest absolute Gasteiger partial charge is 0.411 e. The molecule has 0 aliphatic heterocycles. The van der Waals surface area contributed by atoms with Gasteiger partial charge in [-0.3, -0.25) is 9.59 Å². The molecule has 3 unspecified atom stereocenters. The smallest absolute Gasteiger partial charge is 0.268 e. The number of carbonyl (C=O) groups excluding carboxylic acids is 1. The molecule has 3 N–H and O–H groups in total. The second kappa shape index (κ2) is 11.7. The van der Waals surface area contributed by atoms with Crippen molar-refractivity contribution in [3.05, 3.63) is 105 Å². The number of benzene rings is 2. The summed E-state index contributed by atoms with van der Waals surface area (Å²) in [6.07, 6.45) is -6.78. The standard InChI is InChI=1S/C26H26F3N3O4/c1-15-5-3-4-6-19(15)20(13-21(31-36)18-11-12-22(33)32(2)14-18)16-7-9-17(10-8-16)26(35)30-25(29)23(34)24(27)28/h3-12,14,20,23-25,34,36H,13H2,1-2H3,(H,30,35). The Hall–Kier alpha value is -3.92. The summed E-state index contributed by atoms with van der Waals surface area (Å²) in [5.41, 5.74) is 3.35. The number of nitrogens with zero attached hydrogens (tertiary/aromatic N) is 2. The number of amides is 1. The molecule has 3 aromatic rings. The minimum absolute atomic E-state index is 0.0144. The number of halogens is 3. The molecule has 1 aromatic heterocycles. The van der Waals surface area contributed by atoms with E-state index >= 15 is 0 Å². The van der Waals surface area contributed by atoms with E-state index in [4.69, 9.17) is 5.11 Å². The summed E-state index contributed by atoms with van der Waals surface area (Å²) in [5.74, 6) is -1.27. The van der Waals surface area contributed by atoms with E-state index in [0.29, 0.717) is 11.3 Å². The van der Waals surface area contributed by atoms with E-state index in [2.05, 4.69) is 5.16 Å². The maximum Gasteiger partial charge on any atom is 0.268 e. The molecule has 0 aliphatic carbocycles. The fraction of sp³-hybridized carbons (Fsp3) is 0.269. The van der Waals surface area contributed by atoms with Crippen LogP contribution in [0.3, 0.4) is 0 Å². The SMILES string of the molecule is Cc1ccccc1C(CC(=NO)c1ccc(=O)n(C)c1)c1ccc(C(=O)NC(F)C(O)C(F)F)cc1. The highest BCUT2D eigenvalue weighted by Gasteiger charge is 2.29. The third kappa shape index (κ3) is 6.19. The summed E-state index contributed by atoms with van der Waals surface area (Å²) in [6.45, 7) is 1.93. The first kappa shape index (κ1) is 26.7. The van der Waals surface area contributed by atoms with Crippen LogP contribution in [0, 0.1) is 6.92 Å². The lowest BCUT2D eigenvalue weighted by Gasteiger charge is -2.21. The lowest BCUT2D eigenvalue weighted by molar-refractivity contribution is -0.0550. The highest BCUT2D eigenvalue weighted by atomic mass is 19.3. The fourth-order valence-electron chi connectivity index (χ4n) is 3.85. The van der Waals surface area contributed by atoms with Gasteiger partial charge in [-0.25, -0.2) is 13.2 Å². The van der Waals surface area contributed by atoms with E-state index < -0.39 is 24.7 Å². The Bertz CT molecular complexity index is 1290. The molecule has 3 atom stereocenters. The summed E-state index contributed by atoms with van der Waals surface area (Å²) < 4.78 is 40.1. The fourth-order valence-corrected chi connectivity index (χ4v) is 3.85. The van der Waals surface area contributed by atoms with Crippen LogP contribution in [0.2, 0.25) is 0 Å². The molecule has 0 aliphatic rings. The molecule has 2 aromatic carbocycles. The molecule has 36 heavy (non-hydrogen) atoms. The molecule has 0 fully saturated rings. The van der Waals surface area contributed by atoms with Gasteiger partial charge >= 0.3 is 0 Å². The maximum absolute atomic E-state index is 13.7. The Labute approximate surface area is 205 Å². The van der Waals surface area contributed by atoms with Gasteiger partial charge in [-0.05, 0) is 41.8 Å². The van der Waals surface area contributed by atoms with E-state index in [-0.39, 0.29) is 23.5 Å². The van der Waals surface area contributed by atoms with Crippen molar-refractivity contribution in [1.82, 2.24) is 9.88 Å². The van der Waals surface area contributed by atoms with Crippen LogP contribution in [-0.2, 0) is 7.05 Å². The Morgan fingerprint density at radius 1 is 1.03 bits per heavy atom. The first-order chi connectivity index (χ1) is 17.1. The van der Waals surface area contributed by atoms with Crippen molar-refractivity contribution in [3.8, 4) is 0 Å². The molecule has 1 heterocycles. The topological polar surface area (TPSA) is 104 Å². The van der Waals surface area contributed by atoms with Gasteiger partial charge < -0.3 is 20.2 Å².